The highest BCUT2D eigenvalue weighted by molar-refractivity contribution is 5.76. The fourth-order valence-electron chi connectivity index (χ4n) is 2.74. The van der Waals surface area contributed by atoms with Gasteiger partial charge in [-0.1, -0.05) is 6.07 Å². The number of amides is 1. The molecule has 0 N–H and O–H groups in total. The third-order valence-electron chi connectivity index (χ3n) is 4.06. The Bertz CT molecular complexity index is 673. The number of alkyl halides is 3. The second kappa shape index (κ2) is 6.33. The average Bonchev–Trinajstić information content (AvgIpc) is 3.01. The first-order valence-corrected chi connectivity index (χ1v) is 7.59. The van der Waals surface area contributed by atoms with Crippen LogP contribution < -0.4 is 4.90 Å². The quantitative estimate of drug-likeness (QED) is 0.787. The molecule has 1 aromatic carbocycles. The zero-order chi connectivity index (χ0) is 17.3. The van der Waals surface area contributed by atoms with Crippen LogP contribution in [0.1, 0.15) is 24.8 Å². The minimum absolute atomic E-state index is 0.00424. The Balaban J connectivity index is 1.73. The number of hydrogen-bond acceptors (Lipinski definition) is 3. The Morgan fingerprint density at radius 1 is 1.21 bits per heavy atom. The lowest BCUT2D eigenvalue weighted by Crippen LogP contribution is -2.34. The summed E-state index contributed by atoms with van der Waals surface area (Å²) in [6, 6.07) is 4.17. The van der Waals surface area contributed by atoms with Crippen LogP contribution in [0.15, 0.2) is 30.2 Å². The minimum Gasteiger partial charge on any atom is -0.466 e. The SMILES string of the molecule is O=C1CCCCN1Cc1ccc(N2C=C(C(F)(F)F)OC2)cc1F. The molecule has 0 bridgehead atoms. The van der Waals surface area contributed by atoms with Gasteiger partial charge in [0.2, 0.25) is 11.7 Å². The molecule has 2 aliphatic heterocycles. The predicted octanol–water partition coefficient (Wildman–Crippen LogP) is 3.54. The van der Waals surface area contributed by atoms with Crippen LogP contribution in [0.25, 0.3) is 0 Å². The number of ether oxygens (including phenoxy) is 1. The van der Waals surface area contributed by atoms with Crippen LogP contribution in [-0.2, 0) is 16.1 Å². The minimum atomic E-state index is -4.57. The van der Waals surface area contributed by atoms with Gasteiger partial charge in [-0.15, -0.1) is 0 Å². The monoisotopic (exact) mass is 344 g/mol. The number of benzene rings is 1. The molecule has 3 rings (SSSR count). The van der Waals surface area contributed by atoms with E-state index in [2.05, 4.69) is 4.74 Å². The number of allylic oxidation sites excluding steroid dienone is 1. The number of rotatable bonds is 3. The van der Waals surface area contributed by atoms with E-state index in [0.29, 0.717) is 18.5 Å². The molecule has 0 unspecified atom stereocenters. The number of nitrogens with zero attached hydrogens (tertiary/aromatic N) is 2. The van der Waals surface area contributed by atoms with E-state index in [0.717, 1.165) is 25.1 Å². The summed E-state index contributed by atoms with van der Waals surface area (Å²) >= 11 is 0. The maximum absolute atomic E-state index is 14.3. The van der Waals surface area contributed by atoms with Crippen LogP contribution in [0.3, 0.4) is 0 Å². The first kappa shape index (κ1) is 16.6. The van der Waals surface area contributed by atoms with E-state index < -0.39 is 17.8 Å². The molecule has 8 heteroatoms. The second-order valence-corrected chi connectivity index (χ2v) is 5.78. The van der Waals surface area contributed by atoms with Gasteiger partial charge < -0.3 is 14.5 Å². The van der Waals surface area contributed by atoms with Gasteiger partial charge in [0.1, 0.15) is 5.82 Å². The standard InChI is InChI=1S/C16H16F4N2O2/c17-13-7-12(22-9-14(24-10-22)16(18,19)20)5-4-11(13)8-21-6-2-1-3-15(21)23/h4-5,7,9H,1-3,6,8,10H2. The molecule has 1 fully saturated rings. The van der Waals surface area contributed by atoms with Gasteiger partial charge in [0.05, 0.1) is 6.20 Å². The molecule has 4 nitrogen and oxygen atoms in total. The van der Waals surface area contributed by atoms with E-state index in [-0.39, 0.29) is 24.9 Å². The Labute approximate surface area is 136 Å². The zero-order valence-electron chi connectivity index (χ0n) is 12.8. The van der Waals surface area contributed by atoms with Crippen molar-refractivity contribution in [3.63, 3.8) is 0 Å². The molecule has 0 aliphatic carbocycles. The molecule has 2 aliphatic rings. The van der Waals surface area contributed by atoms with Gasteiger partial charge in [-0.25, -0.2) is 4.39 Å². The summed E-state index contributed by atoms with van der Waals surface area (Å²) in [6.45, 7) is 0.445. The summed E-state index contributed by atoms with van der Waals surface area (Å²) in [4.78, 5) is 14.6. The molecule has 130 valence electrons. The molecule has 1 saturated heterocycles. The predicted molar refractivity (Wildman–Crippen MR) is 78.2 cm³/mol. The molecule has 24 heavy (non-hydrogen) atoms. The van der Waals surface area contributed by atoms with Gasteiger partial charge in [0.15, 0.2) is 6.73 Å². The lowest BCUT2D eigenvalue weighted by atomic mass is 10.1. The van der Waals surface area contributed by atoms with Crippen LogP contribution in [0.4, 0.5) is 23.2 Å². The summed E-state index contributed by atoms with van der Waals surface area (Å²) in [6.07, 6.45) is -1.55. The van der Waals surface area contributed by atoms with Gasteiger partial charge in [-0.2, -0.15) is 13.2 Å². The maximum Gasteiger partial charge on any atom is 0.450 e. The fraction of sp³-hybridized carbons (Fsp3) is 0.438. The first-order chi connectivity index (χ1) is 11.3. The van der Waals surface area contributed by atoms with Crippen molar-refractivity contribution in [1.82, 2.24) is 4.90 Å². The van der Waals surface area contributed by atoms with Crippen molar-refractivity contribution in [2.24, 2.45) is 0 Å². The Kier molecular flexibility index (Phi) is 4.38. The van der Waals surface area contributed by atoms with E-state index in [9.17, 15) is 22.4 Å². The Morgan fingerprint density at radius 2 is 2.00 bits per heavy atom. The number of likely N-dealkylation sites (tertiary alicyclic amines) is 1. The molecule has 0 atom stereocenters. The lowest BCUT2D eigenvalue weighted by Gasteiger charge is -2.27. The topological polar surface area (TPSA) is 32.8 Å². The van der Waals surface area contributed by atoms with Gasteiger partial charge in [-0.05, 0) is 25.0 Å². The molecule has 0 aromatic heterocycles. The number of halogens is 4. The molecule has 0 spiro atoms. The molecular formula is C16H16F4N2O2. The second-order valence-electron chi connectivity index (χ2n) is 5.78. The zero-order valence-corrected chi connectivity index (χ0v) is 12.8. The summed E-state index contributed by atoms with van der Waals surface area (Å²) in [5.41, 5.74) is 0.606. The summed E-state index contributed by atoms with van der Waals surface area (Å²) < 4.78 is 56.5. The van der Waals surface area contributed by atoms with Crippen molar-refractivity contribution >= 4 is 11.6 Å². The highest BCUT2D eigenvalue weighted by Gasteiger charge is 2.39. The average molecular weight is 344 g/mol. The van der Waals surface area contributed by atoms with Gasteiger partial charge >= 0.3 is 6.18 Å². The molecule has 1 aromatic rings. The van der Waals surface area contributed by atoms with Gasteiger partial charge in [-0.3, -0.25) is 4.79 Å². The van der Waals surface area contributed by atoms with E-state index in [1.807, 2.05) is 0 Å². The maximum atomic E-state index is 14.3. The van der Waals surface area contributed by atoms with Crippen molar-refractivity contribution in [3.05, 3.63) is 41.5 Å². The van der Waals surface area contributed by atoms with Crippen molar-refractivity contribution in [3.8, 4) is 0 Å². The number of anilines is 1. The molecule has 0 radical (unpaired) electrons. The van der Waals surface area contributed by atoms with Crippen molar-refractivity contribution in [2.45, 2.75) is 32.0 Å². The summed E-state index contributed by atoms with van der Waals surface area (Å²) in [5, 5.41) is 0. The van der Waals surface area contributed by atoms with Crippen molar-refractivity contribution in [1.29, 1.82) is 0 Å². The van der Waals surface area contributed by atoms with Gasteiger partial charge in [0, 0.05) is 30.8 Å². The molecule has 1 amide bonds. The molecule has 0 saturated carbocycles. The number of carbonyl (C=O) groups is 1. The molecular weight excluding hydrogens is 328 g/mol. The van der Waals surface area contributed by atoms with E-state index in [1.165, 1.54) is 17.0 Å². The number of carbonyl (C=O) groups excluding carboxylic acids is 1. The highest BCUT2D eigenvalue weighted by Crippen LogP contribution is 2.32. The molecule has 2 heterocycles. The number of hydrogen-bond donors (Lipinski definition) is 0. The Hall–Kier alpha value is -2.25. The van der Waals surface area contributed by atoms with Crippen LogP contribution in [0.2, 0.25) is 0 Å². The third-order valence-corrected chi connectivity index (χ3v) is 4.06. The van der Waals surface area contributed by atoms with Crippen molar-refractivity contribution in [2.75, 3.05) is 18.2 Å². The van der Waals surface area contributed by atoms with E-state index >= 15 is 0 Å². The highest BCUT2D eigenvalue weighted by atomic mass is 19.4. The Morgan fingerprint density at radius 3 is 2.62 bits per heavy atom. The number of piperidine rings is 1. The van der Waals surface area contributed by atoms with Crippen molar-refractivity contribution < 1.29 is 27.1 Å². The van der Waals surface area contributed by atoms with Crippen LogP contribution in [0.5, 0.6) is 0 Å². The fourth-order valence-corrected chi connectivity index (χ4v) is 2.74. The third kappa shape index (κ3) is 3.47. The van der Waals surface area contributed by atoms with E-state index in [4.69, 9.17) is 0 Å². The van der Waals surface area contributed by atoms with Gasteiger partial charge in [0.25, 0.3) is 0 Å². The lowest BCUT2D eigenvalue weighted by molar-refractivity contribution is -0.133. The smallest absolute Gasteiger partial charge is 0.450 e. The summed E-state index contributed by atoms with van der Waals surface area (Å²) in [5.74, 6) is -1.67. The largest absolute Gasteiger partial charge is 0.466 e. The van der Waals surface area contributed by atoms with Crippen LogP contribution in [-0.4, -0.2) is 30.3 Å². The van der Waals surface area contributed by atoms with Crippen LogP contribution in [0, 0.1) is 5.82 Å². The van der Waals surface area contributed by atoms with E-state index in [1.54, 1.807) is 4.90 Å². The summed E-state index contributed by atoms with van der Waals surface area (Å²) in [7, 11) is 0. The van der Waals surface area contributed by atoms with Crippen LogP contribution >= 0.6 is 0 Å². The normalized spacial score (nSPS) is 18.7. The first-order valence-electron chi connectivity index (χ1n) is 7.59.